The molecular weight excluding hydrogens is 284 g/mol. The molecule has 0 fully saturated rings. The summed E-state index contributed by atoms with van der Waals surface area (Å²) in [5.74, 6) is -0.186. The van der Waals surface area contributed by atoms with Gasteiger partial charge in [0.25, 0.3) is 5.91 Å². The highest BCUT2D eigenvalue weighted by molar-refractivity contribution is 6.35. The topological polar surface area (TPSA) is 33.2 Å². The maximum Gasteiger partial charge on any atom is 0.276 e. The van der Waals surface area contributed by atoms with E-state index in [0.29, 0.717) is 10.7 Å². The summed E-state index contributed by atoms with van der Waals surface area (Å²) in [6.45, 7) is 0. The van der Waals surface area contributed by atoms with Crippen LogP contribution in [0.4, 0.5) is 5.69 Å². The summed E-state index contributed by atoms with van der Waals surface area (Å²) in [5.41, 5.74) is 1.87. The number of benzene rings is 2. The maximum absolute atomic E-state index is 12.5. The molecule has 0 N–H and O–H groups in total. The van der Waals surface area contributed by atoms with Crippen molar-refractivity contribution in [2.24, 2.45) is 0 Å². The molecule has 0 radical (unpaired) electrons. The zero-order valence-corrected chi connectivity index (χ0v) is 12.2. The van der Waals surface area contributed by atoms with Gasteiger partial charge in [0, 0.05) is 18.1 Å². The Morgan fingerprint density at radius 3 is 2.48 bits per heavy atom. The van der Waals surface area contributed by atoms with E-state index in [9.17, 15) is 4.79 Å². The number of hydrogen-bond acceptors (Lipinski definition) is 2. The minimum absolute atomic E-state index is 0.186. The number of carbonyl (C=O) groups is 1. The second-order valence-corrected chi connectivity index (χ2v) is 5.11. The van der Waals surface area contributed by atoms with Crippen LogP contribution in [0.15, 0.2) is 60.7 Å². The van der Waals surface area contributed by atoms with Crippen LogP contribution in [0.3, 0.4) is 0 Å². The predicted molar refractivity (Wildman–Crippen MR) is 85.9 cm³/mol. The van der Waals surface area contributed by atoms with Gasteiger partial charge in [-0.25, -0.2) is 4.98 Å². The fourth-order valence-corrected chi connectivity index (χ4v) is 2.45. The van der Waals surface area contributed by atoms with Crippen LogP contribution in [0, 0.1) is 0 Å². The molecule has 0 saturated carbocycles. The first-order valence-electron chi connectivity index (χ1n) is 6.55. The first-order valence-corrected chi connectivity index (χ1v) is 6.93. The Labute approximate surface area is 127 Å². The van der Waals surface area contributed by atoms with E-state index in [2.05, 4.69) is 4.98 Å². The summed E-state index contributed by atoms with van der Waals surface area (Å²) < 4.78 is 0. The molecule has 0 saturated heterocycles. The van der Waals surface area contributed by atoms with Crippen LogP contribution in [0.2, 0.25) is 5.02 Å². The van der Waals surface area contributed by atoms with E-state index in [-0.39, 0.29) is 5.91 Å². The number of carbonyl (C=O) groups excluding carboxylic acids is 1. The first-order chi connectivity index (χ1) is 10.2. The van der Waals surface area contributed by atoms with Crippen LogP contribution in [0.25, 0.3) is 10.9 Å². The Balaban J connectivity index is 2.02. The van der Waals surface area contributed by atoms with E-state index < -0.39 is 0 Å². The van der Waals surface area contributed by atoms with Crippen LogP contribution < -0.4 is 4.90 Å². The molecule has 21 heavy (non-hydrogen) atoms. The Morgan fingerprint density at radius 2 is 1.71 bits per heavy atom. The summed E-state index contributed by atoms with van der Waals surface area (Å²) in [5, 5.41) is 1.38. The zero-order chi connectivity index (χ0) is 14.8. The molecule has 4 heteroatoms. The number of anilines is 1. The zero-order valence-electron chi connectivity index (χ0n) is 11.5. The van der Waals surface area contributed by atoms with Crippen molar-refractivity contribution in [1.82, 2.24) is 4.98 Å². The van der Waals surface area contributed by atoms with Crippen LogP contribution in [-0.2, 0) is 0 Å². The van der Waals surface area contributed by atoms with E-state index >= 15 is 0 Å². The van der Waals surface area contributed by atoms with Crippen molar-refractivity contribution in [2.75, 3.05) is 11.9 Å². The number of aromatic nitrogens is 1. The van der Waals surface area contributed by atoms with Gasteiger partial charge in [0.15, 0.2) is 0 Å². The molecule has 3 aromatic rings. The lowest BCUT2D eigenvalue weighted by molar-refractivity contribution is 0.0988. The molecule has 0 aliphatic heterocycles. The number of hydrogen-bond donors (Lipinski definition) is 0. The van der Waals surface area contributed by atoms with Crippen molar-refractivity contribution in [1.29, 1.82) is 0 Å². The van der Waals surface area contributed by atoms with Gasteiger partial charge in [0.1, 0.15) is 5.69 Å². The van der Waals surface area contributed by atoms with E-state index in [1.807, 2.05) is 54.6 Å². The largest absolute Gasteiger partial charge is 0.310 e. The summed E-state index contributed by atoms with van der Waals surface area (Å²) in [6, 6.07) is 18.6. The van der Waals surface area contributed by atoms with Crippen LogP contribution >= 0.6 is 11.6 Å². The number of pyridine rings is 1. The number of halogens is 1. The van der Waals surface area contributed by atoms with Gasteiger partial charge in [-0.3, -0.25) is 4.79 Å². The van der Waals surface area contributed by atoms with Crippen molar-refractivity contribution in [3.05, 3.63) is 71.4 Å². The molecule has 0 atom stereocenters. The number of nitrogens with zero attached hydrogens (tertiary/aromatic N) is 2. The van der Waals surface area contributed by atoms with Crippen molar-refractivity contribution in [3.63, 3.8) is 0 Å². The molecule has 3 nitrogen and oxygen atoms in total. The minimum Gasteiger partial charge on any atom is -0.310 e. The molecule has 0 aliphatic carbocycles. The Hall–Kier alpha value is -2.39. The minimum atomic E-state index is -0.186. The van der Waals surface area contributed by atoms with Gasteiger partial charge in [-0.15, -0.1) is 0 Å². The standard InChI is InChI=1S/C17H13ClN2O/c1-20(12-7-3-2-4-8-12)17(21)16-11-14(18)13-9-5-6-10-15(13)19-16/h2-11H,1H3. The Morgan fingerprint density at radius 1 is 1.05 bits per heavy atom. The molecule has 104 valence electrons. The molecule has 0 unspecified atom stereocenters. The van der Waals surface area contributed by atoms with Gasteiger partial charge in [-0.2, -0.15) is 0 Å². The lowest BCUT2D eigenvalue weighted by atomic mass is 10.2. The third kappa shape index (κ3) is 2.60. The van der Waals surface area contributed by atoms with Crippen LogP contribution in [-0.4, -0.2) is 17.9 Å². The Kier molecular flexibility index (Phi) is 3.59. The third-order valence-corrected chi connectivity index (χ3v) is 3.65. The highest BCUT2D eigenvalue weighted by Crippen LogP contribution is 2.24. The van der Waals surface area contributed by atoms with E-state index in [1.54, 1.807) is 18.0 Å². The molecule has 0 aliphatic rings. The lowest BCUT2D eigenvalue weighted by Crippen LogP contribution is -2.27. The second kappa shape index (κ2) is 5.54. The number of para-hydroxylation sites is 2. The quantitative estimate of drug-likeness (QED) is 0.711. The molecule has 1 amide bonds. The SMILES string of the molecule is CN(C(=O)c1cc(Cl)c2ccccc2n1)c1ccccc1. The van der Waals surface area contributed by atoms with Crippen molar-refractivity contribution in [2.45, 2.75) is 0 Å². The molecule has 1 heterocycles. The normalized spacial score (nSPS) is 10.6. The summed E-state index contributed by atoms with van der Waals surface area (Å²) in [6.07, 6.45) is 0. The predicted octanol–water partition coefficient (Wildman–Crippen LogP) is 4.16. The van der Waals surface area contributed by atoms with Crippen LogP contribution in [0.1, 0.15) is 10.5 Å². The number of rotatable bonds is 2. The fraction of sp³-hybridized carbons (Fsp3) is 0.0588. The fourth-order valence-electron chi connectivity index (χ4n) is 2.18. The smallest absolute Gasteiger partial charge is 0.276 e. The molecule has 0 bridgehead atoms. The highest BCUT2D eigenvalue weighted by Gasteiger charge is 2.16. The average molecular weight is 297 g/mol. The van der Waals surface area contributed by atoms with Gasteiger partial charge in [0.2, 0.25) is 0 Å². The molecular formula is C17H13ClN2O. The summed E-state index contributed by atoms with van der Waals surface area (Å²) in [4.78, 5) is 18.5. The van der Waals surface area contributed by atoms with E-state index in [4.69, 9.17) is 11.6 Å². The first kappa shape index (κ1) is 13.6. The maximum atomic E-state index is 12.5. The van der Waals surface area contributed by atoms with Crippen molar-refractivity contribution >= 4 is 34.1 Å². The third-order valence-electron chi connectivity index (χ3n) is 3.33. The lowest BCUT2D eigenvalue weighted by Gasteiger charge is -2.17. The monoisotopic (exact) mass is 296 g/mol. The van der Waals surface area contributed by atoms with Crippen molar-refractivity contribution < 1.29 is 4.79 Å². The van der Waals surface area contributed by atoms with Crippen LogP contribution in [0.5, 0.6) is 0 Å². The summed E-state index contributed by atoms with van der Waals surface area (Å²) >= 11 is 6.25. The molecule has 0 spiro atoms. The van der Waals surface area contributed by atoms with Gasteiger partial charge in [-0.1, -0.05) is 48.0 Å². The van der Waals surface area contributed by atoms with Gasteiger partial charge in [-0.05, 0) is 24.3 Å². The van der Waals surface area contributed by atoms with Gasteiger partial charge < -0.3 is 4.90 Å². The van der Waals surface area contributed by atoms with E-state index in [0.717, 1.165) is 16.6 Å². The molecule has 3 rings (SSSR count). The van der Waals surface area contributed by atoms with Gasteiger partial charge in [0.05, 0.1) is 10.5 Å². The molecule has 1 aromatic heterocycles. The van der Waals surface area contributed by atoms with Crippen molar-refractivity contribution in [3.8, 4) is 0 Å². The van der Waals surface area contributed by atoms with Gasteiger partial charge >= 0.3 is 0 Å². The summed E-state index contributed by atoms with van der Waals surface area (Å²) in [7, 11) is 1.72. The Bertz CT molecular complexity index is 802. The highest BCUT2D eigenvalue weighted by atomic mass is 35.5. The van der Waals surface area contributed by atoms with E-state index in [1.165, 1.54) is 0 Å². The second-order valence-electron chi connectivity index (χ2n) is 4.71. The number of fused-ring (bicyclic) bond motifs is 1. The number of amides is 1. The average Bonchev–Trinajstić information content (AvgIpc) is 2.54. The molecule has 2 aromatic carbocycles.